The highest BCUT2D eigenvalue weighted by atomic mass is 16.5. The van der Waals surface area contributed by atoms with Gasteiger partial charge in [0.2, 0.25) is 5.88 Å². The molecule has 0 spiro atoms. The van der Waals surface area contributed by atoms with Crippen LogP contribution >= 0.6 is 0 Å². The van der Waals surface area contributed by atoms with E-state index in [9.17, 15) is 4.79 Å². The Bertz CT molecular complexity index is 927. The summed E-state index contributed by atoms with van der Waals surface area (Å²) in [5, 5.41) is 2.84. The average molecular weight is 363 g/mol. The molecule has 0 fully saturated rings. The fourth-order valence-electron chi connectivity index (χ4n) is 2.36. The van der Waals surface area contributed by atoms with Gasteiger partial charge in [-0.15, -0.1) is 0 Å². The fourth-order valence-corrected chi connectivity index (χ4v) is 2.36. The van der Waals surface area contributed by atoms with Crippen molar-refractivity contribution in [2.45, 2.75) is 27.3 Å². The third kappa shape index (κ3) is 4.84. The predicted octanol–water partition coefficient (Wildman–Crippen LogP) is 2.55. The van der Waals surface area contributed by atoms with Crippen LogP contribution in [0.5, 0.6) is 5.88 Å². The van der Waals surface area contributed by atoms with Gasteiger partial charge in [-0.25, -0.2) is 9.97 Å². The lowest BCUT2D eigenvalue weighted by atomic mass is 10.1. The van der Waals surface area contributed by atoms with Crippen molar-refractivity contribution in [3.05, 3.63) is 65.2 Å². The number of nitrogens with one attached hydrogen (secondary N) is 1. The van der Waals surface area contributed by atoms with Crippen molar-refractivity contribution >= 4 is 5.91 Å². The van der Waals surface area contributed by atoms with Crippen LogP contribution in [0.25, 0.3) is 11.5 Å². The van der Waals surface area contributed by atoms with Crippen molar-refractivity contribution in [3.63, 3.8) is 0 Å². The maximum absolute atomic E-state index is 12.1. The highest BCUT2D eigenvalue weighted by Gasteiger charge is 2.13. The van der Waals surface area contributed by atoms with Gasteiger partial charge in [0.05, 0.1) is 6.20 Å². The van der Waals surface area contributed by atoms with Crippen molar-refractivity contribution in [1.82, 2.24) is 25.3 Å². The number of rotatable bonds is 6. The lowest BCUT2D eigenvalue weighted by Gasteiger charge is -2.11. The molecule has 1 N–H and O–H groups in total. The number of aromatic nitrogens is 4. The minimum Gasteiger partial charge on any atom is -0.467 e. The molecule has 0 saturated carbocycles. The smallest absolute Gasteiger partial charge is 0.258 e. The van der Waals surface area contributed by atoms with Crippen LogP contribution in [-0.4, -0.2) is 32.4 Å². The van der Waals surface area contributed by atoms with E-state index in [4.69, 9.17) is 4.74 Å². The van der Waals surface area contributed by atoms with Crippen LogP contribution < -0.4 is 10.1 Å². The number of aryl methyl sites for hydroxylation is 2. The molecule has 2 heterocycles. The molecule has 2 aromatic heterocycles. The molecule has 1 amide bonds. The molecule has 0 unspecified atom stereocenters. The first-order chi connectivity index (χ1) is 13.0. The van der Waals surface area contributed by atoms with E-state index in [1.807, 2.05) is 45.0 Å². The maximum atomic E-state index is 12.1. The van der Waals surface area contributed by atoms with Crippen molar-refractivity contribution in [1.29, 1.82) is 0 Å². The first-order valence-electron chi connectivity index (χ1n) is 8.59. The standard InChI is InChI=1S/C20H21N5O2/c1-13-4-6-16(7-5-13)10-23-18(26)12-27-20-14(2)15(3)24-19(25-20)17-11-21-8-9-22-17/h4-9,11H,10,12H2,1-3H3,(H,23,26). The number of nitrogens with zero attached hydrogens (tertiary/aromatic N) is 4. The topological polar surface area (TPSA) is 89.9 Å². The Morgan fingerprint density at radius 1 is 1.07 bits per heavy atom. The van der Waals surface area contributed by atoms with Gasteiger partial charge in [-0.1, -0.05) is 29.8 Å². The van der Waals surface area contributed by atoms with Crippen LogP contribution in [0.2, 0.25) is 0 Å². The SMILES string of the molecule is Cc1ccc(CNC(=O)COc2nc(-c3cnccn3)nc(C)c2C)cc1. The van der Waals surface area contributed by atoms with Gasteiger partial charge in [0.1, 0.15) is 5.69 Å². The number of benzene rings is 1. The number of hydrogen-bond donors (Lipinski definition) is 1. The zero-order valence-corrected chi connectivity index (χ0v) is 15.6. The van der Waals surface area contributed by atoms with Crippen molar-refractivity contribution in [2.75, 3.05) is 6.61 Å². The molecule has 7 nitrogen and oxygen atoms in total. The second kappa shape index (κ2) is 8.35. The minimum absolute atomic E-state index is 0.122. The molecule has 0 aliphatic heterocycles. The Morgan fingerprint density at radius 3 is 2.56 bits per heavy atom. The van der Waals surface area contributed by atoms with E-state index in [1.54, 1.807) is 18.6 Å². The van der Waals surface area contributed by atoms with Gasteiger partial charge in [0, 0.05) is 30.2 Å². The van der Waals surface area contributed by atoms with Crippen LogP contribution in [0.15, 0.2) is 42.9 Å². The van der Waals surface area contributed by atoms with E-state index in [-0.39, 0.29) is 12.5 Å². The summed E-state index contributed by atoms with van der Waals surface area (Å²) in [7, 11) is 0. The Kier molecular flexibility index (Phi) is 5.71. The van der Waals surface area contributed by atoms with Crippen LogP contribution in [0.1, 0.15) is 22.4 Å². The van der Waals surface area contributed by atoms with Crippen LogP contribution in [0.4, 0.5) is 0 Å². The molecule has 138 valence electrons. The Labute approximate surface area is 157 Å². The Hall–Kier alpha value is -3.35. The van der Waals surface area contributed by atoms with E-state index < -0.39 is 0 Å². The van der Waals surface area contributed by atoms with Crippen molar-refractivity contribution < 1.29 is 9.53 Å². The second-order valence-corrected chi connectivity index (χ2v) is 6.20. The molecule has 7 heteroatoms. The third-order valence-electron chi connectivity index (χ3n) is 4.09. The van der Waals surface area contributed by atoms with Crippen LogP contribution in [0, 0.1) is 20.8 Å². The van der Waals surface area contributed by atoms with Gasteiger partial charge >= 0.3 is 0 Å². The lowest BCUT2D eigenvalue weighted by molar-refractivity contribution is -0.123. The normalized spacial score (nSPS) is 10.5. The molecule has 0 saturated heterocycles. The zero-order valence-electron chi connectivity index (χ0n) is 15.6. The Balaban J connectivity index is 1.64. The predicted molar refractivity (Wildman–Crippen MR) is 101 cm³/mol. The number of ether oxygens (including phenoxy) is 1. The fraction of sp³-hybridized carbons (Fsp3) is 0.250. The molecule has 0 aliphatic carbocycles. The Morgan fingerprint density at radius 2 is 1.85 bits per heavy atom. The maximum Gasteiger partial charge on any atom is 0.258 e. The molecule has 27 heavy (non-hydrogen) atoms. The highest BCUT2D eigenvalue weighted by Crippen LogP contribution is 2.21. The first-order valence-corrected chi connectivity index (χ1v) is 8.59. The molecular formula is C20H21N5O2. The molecule has 0 radical (unpaired) electrons. The van der Waals surface area contributed by atoms with Gasteiger partial charge in [0.25, 0.3) is 5.91 Å². The third-order valence-corrected chi connectivity index (χ3v) is 4.09. The zero-order chi connectivity index (χ0) is 19.2. The van der Waals surface area contributed by atoms with Crippen molar-refractivity contribution in [2.24, 2.45) is 0 Å². The molecule has 0 bridgehead atoms. The van der Waals surface area contributed by atoms with E-state index in [0.29, 0.717) is 23.9 Å². The van der Waals surface area contributed by atoms with Crippen LogP contribution in [-0.2, 0) is 11.3 Å². The summed E-state index contributed by atoms with van der Waals surface area (Å²) in [6, 6.07) is 8.00. The molecule has 3 rings (SSSR count). The van der Waals surface area contributed by atoms with Crippen molar-refractivity contribution in [3.8, 4) is 17.4 Å². The largest absolute Gasteiger partial charge is 0.467 e. The monoisotopic (exact) mass is 363 g/mol. The average Bonchev–Trinajstić information content (AvgIpc) is 2.69. The first kappa shape index (κ1) is 18.4. The summed E-state index contributed by atoms with van der Waals surface area (Å²) in [6.45, 7) is 6.08. The minimum atomic E-state index is -0.215. The molecule has 0 atom stereocenters. The van der Waals surface area contributed by atoms with Gasteiger partial charge in [-0.2, -0.15) is 4.98 Å². The highest BCUT2D eigenvalue weighted by molar-refractivity contribution is 5.77. The van der Waals surface area contributed by atoms with E-state index >= 15 is 0 Å². The van der Waals surface area contributed by atoms with Gasteiger partial charge in [-0.05, 0) is 26.3 Å². The molecular weight excluding hydrogens is 342 g/mol. The summed E-state index contributed by atoms with van der Waals surface area (Å²) in [5.74, 6) is 0.571. The van der Waals surface area contributed by atoms with E-state index in [2.05, 4.69) is 25.3 Å². The number of amides is 1. The lowest BCUT2D eigenvalue weighted by Crippen LogP contribution is -2.28. The van der Waals surface area contributed by atoms with Gasteiger partial charge in [-0.3, -0.25) is 9.78 Å². The van der Waals surface area contributed by atoms with Gasteiger partial charge in [0.15, 0.2) is 12.4 Å². The molecule has 3 aromatic rings. The van der Waals surface area contributed by atoms with Crippen LogP contribution in [0.3, 0.4) is 0 Å². The second-order valence-electron chi connectivity index (χ2n) is 6.20. The summed E-state index contributed by atoms with van der Waals surface area (Å²) in [6.07, 6.45) is 4.75. The summed E-state index contributed by atoms with van der Waals surface area (Å²) < 4.78 is 5.64. The van der Waals surface area contributed by atoms with Gasteiger partial charge < -0.3 is 10.1 Å². The van der Waals surface area contributed by atoms with E-state index in [0.717, 1.165) is 16.8 Å². The van der Waals surface area contributed by atoms with E-state index in [1.165, 1.54) is 5.56 Å². The molecule has 1 aromatic carbocycles. The summed E-state index contributed by atoms with van der Waals surface area (Å²) >= 11 is 0. The summed E-state index contributed by atoms with van der Waals surface area (Å²) in [4.78, 5) is 29.1. The quantitative estimate of drug-likeness (QED) is 0.724. The molecule has 0 aliphatic rings. The number of carbonyl (C=O) groups excluding carboxylic acids is 1. The summed E-state index contributed by atoms with van der Waals surface area (Å²) in [5.41, 5.74) is 4.32. The number of carbonyl (C=O) groups is 1. The number of hydrogen-bond acceptors (Lipinski definition) is 6.